The lowest BCUT2D eigenvalue weighted by molar-refractivity contribution is -0.125. The Hall–Kier alpha value is -5.01. The summed E-state index contributed by atoms with van der Waals surface area (Å²) < 4.78 is 31.3. The SMILES string of the molecule is CCNc1nnc(-c2ccc3oc([C@]4(CN5Cc6ccc(OC)c(F)c6C5=O)NC(=O)NC4=O)cc3n2)o1. The number of rotatable bonds is 7. The van der Waals surface area contributed by atoms with Crippen LogP contribution in [0.2, 0.25) is 0 Å². The molecule has 6 rings (SSSR count). The zero-order valence-electron chi connectivity index (χ0n) is 20.1. The Morgan fingerprint density at radius 1 is 1.18 bits per heavy atom. The van der Waals surface area contributed by atoms with E-state index in [9.17, 15) is 18.8 Å². The lowest BCUT2D eigenvalue weighted by atomic mass is 9.95. The van der Waals surface area contributed by atoms with Crippen LogP contribution in [0.5, 0.6) is 5.75 Å². The molecule has 3 N–H and O–H groups in total. The van der Waals surface area contributed by atoms with E-state index < -0.39 is 29.2 Å². The molecule has 1 saturated heterocycles. The van der Waals surface area contributed by atoms with E-state index in [1.54, 1.807) is 18.2 Å². The Bertz CT molecular complexity index is 1630. The number of benzene rings is 1. The average molecular weight is 521 g/mol. The van der Waals surface area contributed by atoms with Crippen LogP contribution < -0.4 is 20.7 Å². The van der Waals surface area contributed by atoms with Gasteiger partial charge in [-0.1, -0.05) is 11.2 Å². The van der Waals surface area contributed by atoms with Crippen LogP contribution in [-0.4, -0.2) is 58.1 Å². The van der Waals surface area contributed by atoms with Crippen molar-refractivity contribution < 1.29 is 32.3 Å². The molecule has 0 aliphatic carbocycles. The maximum Gasteiger partial charge on any atom is 0.322 e. The number of urea groups is 1. The first-order valence-corrected chi connectivity index (χ1v) is 11.6. The second-order valence-electron chi connectivity index (χ2n) is 8.72. The van der Waals surface area contributed by atoms with Crippen molar-refractivity contribution in [1.82, 2.24) is 30.7 Å². The van der Waals surface area contributed by atoms with Gasteiger partial charge in [0.2, 0.25) is 0 Å². The lowest BCUT2D eigenvalue weighted by Gasteiger charge is -2.28. The molecule has 0 radical (unpaired) electrons. The number of amides is 4. The van der Waals surface area contributed by atoms with Crippen molar-refractivity contribution in [2.24, 2.45) is 0 Å². The zero-order chi connectivity index (χ0) is 26.6. The van der Waals surface area contributed by atoms with Crippen molar-refractivity contribution in [1.29, 1.82) is 0 Å². The molecule has 13 nitrogen and oxygen atoms in total. The van der Waals surface area contributed by atoms with Gasteiger partial charge in [0.05, 0.1) is 19.2 Å². The Kier molecular flexibility index (Phi) is 5.26. The third-order valence-electron chi connectivity index (χ3n) is 6.41. The third kappa shape index (κ3) is 3.52. The van der Waals surface area contributed by atoms with E-state index in [4.69, 9.17) is 13.6 Å². The van der Waals surface area contributed by atoms with Gasteiger partial charge in [0.15, 0.2) is 22.7 Å². The second kappa shape index (κ2) is 8.54. The molecule has 0 spiro atoms. The number of carbonyl (C=O) groups is 3. The number of hydrogen-bond acceptors (Lipinski definition) is 10. The van der Waals surface area contributed by atoms with E-state index in [0.29, 0.717) is 28.9 Å². The second-order valence-corrected chi connectivity index (χ2v) is 8.72. The fourth-order valence-corrected chi connectivity index (χ4v) is 4.62. The van der Waals surface area contributed by atoms with E-state index in [-0.39, 0.29) is 42.1 Å². The molecule has 0 bridgehead atoms. The van der Waals surface area contributed by atoms with E-state index in [1.807, 2.05) is 6.92 Å². The Morgan fingerprint density at radius 2 is 2.03 bits per heavy atom. The van der Waals surface area contributed by atoms with Crippen LogP contribution >= 0.6 is 0 Å². The van der Waals surface area contributed by atoms with Gasteiger partial charge in [-0.2, -0.15) is 0 Å². The highest BCUT2D eigenvalue weighted by Crippen LogP contribution is 2.36. The largest absolute Gasteiger partial charge is 0.494 e. The molecule has 4 amide bonds. The predicted molar refractivity (Wildman–Crippen MR) is 128 cm³/mol. The van der Waals surface area contributed by atoms with E-state index in [0.717, 1.165) is 0 Å². The number of nitrogens with one attached hydrogen (secondary N) is 3. The van der Waals surface area contributed by atoms with Crippen molar-refractivity contribution in [2.75, 3.05) is 25.5 Å². The van der Waals surface area contributed by atoms with Gasteiger partial charge in [-0.05, 0) is 30.7 Å². The van der Waals surface area contributed by atoms with Crippen molar-refractivity contribution in [3.8, 4) is 17.3 Å². The van der Waals surface area contributed by atoms with Crippen molar-refractivity contribution >= 4 is 35.0 Å². The molecule has 4 aromatic rings. The molecule has 194 valence electrons. The summed E-state index contributed by atoms with van der Waals surface area (Å²) in [5.74, 6) is -2.01. The van der Waals surface area contributed by atoms with Gasteiger partial charge in [-0.25, -0.2) is 14.2 Å². The first-order chi connectivity index (χ1) is 18.3. The number of furan rings is 1. The van der Waals surface area contributed by atoms with Gasteiger partial charge in [0.25, 0.3) is 17.7 Å². The van der Waals surface area contributed by atoms with Crippen LogP contribution in [0.25, 0.3) is 22.7 Å². The summed E-state index contributed by atoms with van der Waals surface area (Å²) >= 11 is 0. The Morgan fingerprint density at radius 3 is 2.76 bits per heavy atom. The summed E-state index contributed by atoms with van der Waals surface area (Å²) in [6, 6.07) is 7.20. The van der Waals surface area contributed by atoms with Crippen LogP contribution in [0.3, 0.4) is 0 Å². The Balaban J connectivity index is 1.36. The summed E-state index contributed by atoms with van der Waals surface area (Å²) in [4.78, 5) is 44.3. The fourth-order valence-electron chi connectivity index (χ4n) is 4.62. The zero-order valence-corrected chi connectivity index (χ0v) is 20.1. The number of ether oxygens (including phenoxy) is 1. The van der Waals surface area contributed by atoms with E-state index in [1.165, 1.54) is 24.1 Å². The van der Waals surface area contributed by atoms with Gasteiger partial charge < -0.3 is 29.1 Å². The molecule has 2 aliphatic rings. The minimum absolute atomic E-state index is 0.0217. The normalized spacial score (nSPS) is 18.6. The molecule has 0 unspecified atom stereocenters. The molecule has 5 heterocycles. The van der Waals surface area contributed by atoms with Crippen LogP contribution in [0.15, 0.2) is 39.2 Å². The molecule has 1 aromatic carbocycles. The minimum Gasteiger partial charge on any atom is -0.494 e. The van der Waals surface area contributed by atoms with Crippen LogP contribution in [0.4, 0.5) is 15.2 Å². The van der Waals surface area contributed by atoms with Crippen molar-refractivity contribution in [2.45, 2.75) is 19.0 Å². The number of carbonyl (C=O) groups excluding carboxylic acids is 3. The maximum absolute atomic E-state index is 14.9. The summed E-state index contributed by atoms with van der Waals surface area (Å²) in [5.41, 5.74) is -0.461. The van der Waals surface area contributed by atoms with Gasteiger partial charge >= 0.3 is 12.0 Å². The van der Waals surface area contributed by atoms with Crippen molar-refractivity contribution in [3.63, 3.8) is 0 Å². The maximum atomic E-state index is 14.9. The monoisotopic (exact) mass is 521 g/mol. The first kappa shape index (κ1) is 23.4. The van der Waals surface area contributed by atoms with Gasteiger partial charge in [0.1, 0.15) is 17.0 Å². The fraction of sp³-hybridized carbons (Fsp3) is 0.250. The average Bonchev–Trinajstić information content (AvgIpc) is 3.66. The summed E-state index contributed by atoms with van der Waals surface area (Å²) in [5, 5.41) is 15.6. The molecule has 1 atom stereocenters. The van der Waals surface area contributed by atoms with Gasteiger partial charge in [0, 0.05) is 19.2 Å². The van der Waals surface area contributed by atoms with E-state index in [2.05, 4.69) is 31.1 Å². The molecule has 0 saturated carbocycles. The van der Waals surface area contributed by atoms with Crippen LogP contribution in [0, 0.1) is 5.82 Å². The smallest absolute Gasteiger partial charge is 0.322 e. The molecule has 3 aromatic heterocycles. The predicted octanol–water partition coefficient (Wildman–Crippen LogP) is 2.15. The highest BCUT2D eigenvalue weighted by molar-refractivity contribution is 6.08. The van der Waals surface area contributed by atoms with Crippen LogP contribution in [0.1, 0.15) is 28.6 Å². The number of anilines is 1. The summed E-state index contributed by atoms with van der Waals surface area (Å²) in [6.07, 6.45) is 0. The standard InChI is InChI=1S/C24H20FN7O6/c1-3-26-23-31-30-19(38-23)12-5-7-14-13(27-12)8-16(37-14)24(21(34)28-22(35)29-24)10-32-9-11-4-6-15(36-2)18(25)17(11)20(32)33/h4-8H,3,9-10H2,1-2H3,(H,26,31)(H2,28,29,34,35)/t24-/m0/s1. The number of halogens is 1. The number of hydrogen-bond donors (Lipinski definition) is 3. The number of pyridine rings is 1. The highest BCUT2D eigenvalue weighted by Gasteiger charge is 2.53. The summed E-state index contributed by atoms with van der Waals surface area (Å²) in [6.45, 7) is 2.19. The third-order valence-corrected chi connectivity index (χ3v) is 6.41. The summed E-state index contributed by atoms with van der Waals surface area (Å²) in [7, 11) is 1.30. The number of methoxy groups -OCH3 is 1. The van der Waals surface area contributed by atoms with Crippen LogP contribution in [-0.2, 0) is 16.9 Å². The quantitative estimate of drug-likeness (QED) is 0.307. The number of nitrogens with zero attached hydrogens (tertiary/aromatic N) is 4. The number of imide groups is 1. The topological polar surface area (TPSA) is 165 Å². The Labute approximate surface area is 213 Å². The van der Waals surface area contributed by atoms with Crippen molar-refractivity contribution in [3.05, 3.63) is 53.0 Å². The molecule has 38 heavy (non-hydrogen) atoms. The van der Waals surface area contributed by atoms with E-state index >= 15 is 0 Å². The minimum atomic E-state index is -1.78. The molecular formula is C24H20FN7O6. The molecule has 2 aliphatic heterocycles. The number of aromatic nitrogens is 3. The molecular weight excluding hydrogens is 501 g/mol. The lowest BCUT2D eigenvalue weighted by Crippen LogP contribution is -2.52. The van der Waals surface area contributed by atoms with Gasteiger partial charge in [-0.15, -0.1) is 5.10 Å². The first-order valence-electron chi connectivity index (χ1n) is 11.6. The molecule has 1 fully saturated rings. The van der Waals surface area contributed by atoms with Gasteiger partial charge in [-0.3, -0.25) is 14.9 Å². The molecule has 14 heteroatoms. The highest BCUT2D eigenvalue weighted by atomic mass is 19.1. The number of fused-ring (bicyclic) bond motifs is 2.